The van der Waals surface area contributed by atoms with Gasteiger partial charge in [-0.1, -0.05) is 66.7 Å². The summed E-state index contributed by atoms with van der Waals surface area (Å²) < 4.78 is 25.9. The normalized spacial score (nSPS) is 13.4. The lowest BCUT2D eigenvalue weighted by Gasteiger charge is -2.28. The topological polar surface area (TPSA) is 111 Å². The number of hydrogen-bond acceptors (Lipinski definition) is 7. The van der Waals surface area contributed by atoms with Gasteiger partial charge in [0.05, 0.1) is 44.2 Å². The molecule has 2 aromatic heterocycles. The minimum Gasteiger partial charge on any atom is -0.493 e. The number of aromatic nitrogens is 3. The Morgan fingerprint density at radius 1 is 0.942 bits per heavy atom. The van der Waals surface area contributed by atoms with Gasteiger partial charge in [0.25, 0.3) is 0 Å². The Morgan fingerprint density at radius 2 is 1.71 bits per heavy atom. The molecule has 1 aliphatic heterocycles. The second-order valence-electron chi connectivity index (χ2n) is 12.8. The van der Waals surface area contributed by atoms with Gasteiger partial charge in [-0.05, 0) is 61.0 Å². The molecule has 0 spiro atoms. The minimum absolute atomic E-state index is 0.181. The molecular formula is C42H44N4O6. The molecule has 10 heteroatoms. The summed E-state index contributed by atoms with van der Waals surface area (Å²) in [5.74, 6) is 0.553. The number of aromatic carboxylic acids is 1. The summed E-state index contributed by atoms with van der Waals surface area (Å²) in [6.07, 6.45) is 5.08. The van der Waals surface area contributed by atoms with Gasteiger partial charge < -0.3 is 33.9 Å². The van der Waals surface area contributed by atoms with Crippen LogP contribution in [0.2, 0.25) is 0 Å². The Bertz CT molecular complexity index is 2170. The fourth-order valence-electron chi connectivity index (χ4n) is 6.92. The van der Waals surface area contributed by atoms with Gasteiger partial charge in [-0.3, -0.25) is 4.68 Å². The third-order valence-corrected chi connectivity index (χ3v) is 9.52. The summed E-state index contributed by atoms with van der Waals surface area (Å²) in [4.78, 5) is 18.2. The van der Waals surface area contributed by atoms with E-state index in [4.69, 9.17) is 24.0 Å². The number of nitrogens with one attached hydrogen (secondary N) is 1. The van der Waals surface area contributed by atoms with E-state index in [-0.39, 0.29) is 12.3 Å². The average Bonchev–Trinajstić information content (AvgIpc) is 3.71. The van der Waals surface area contributed by atoms with Crippen molar-refractivity contribution in [1.29, 1.82) is 0 Å². The molecule has 7 rings (SSSR count). The zero-order valence-corrected chi connectivity index (χ0v) is 29.6. The number of aromatic amines is 1. The summed E-state index contributed by atoms with van der Waals surface area (Å²) in [5.41, 5.74) is 6.12. The highest BCUT2D eigenvalue weighted by molar-refractivity contribution is 6.03. The molecule has 3 heterocycles. The maximum atomic E-state index is 12.6. The number of anilines is 1. The van der Waals surface area contributed by atoms with Crippen molar-refractivity contribution in [3.8, 4) is 22.6 Å². The molecule has 6 aromatic rings. The molecular weight excluding hydrogens is 656 g/mol. The highest BCUT2D eigenvalue weighted by Gasteiger charge is 2.24. The molecule has 0 unspecified atom stereocenters. The molecule has 10 nitrogen and oxygen atoms in total. The predicted molar refractivity (Wildman–Crippen MR) is 203 cm³/mol. The van der Waals surface area contributed by atoms with Crippen LogP contribution in [-0.4, -0.2) is 65.4 Å². The molecule has 4 aromatic carbocycles. The lowest BCUT2D eigenvalue weighted by atomic mass is 9.98. The second kappa shape index (κ2) is 16.2. The van der Waals surface area contributed by atoms with Gasteiger partial charge >= 0.3 is 5.97 Å². The van der Waals surface area contributed by atoms with E-state index in [1.165, 1.54) is 0 Å². The molecule has 0 bridgehead atoms. The number of carbonyl (C=O) groups is 1. The minimum atomic E-state index is -1.00. The number of allylic oxidation sites excluding steroid dienone is 1. The summed E-state index contributed by atoms with van der Waals surface area (Å²) in [5, 5.41) is 18.3. The van der Waals surface area contributed by atoms with Gasteiger partial charge in [0.2, 0.25) is 0 Å². The van der Waals surface area contributed by atoms with Gasteiger partial charge in [0, 0.05) is 47.7 Å². The number of rotatable bonds is 15. The molecule has 52 heavy (non-hydrogen) atoms. The number of ether oxygens (including phenoxy) is 4. The van der Waals surface area contributed by atoms with E-state index in [0.717, 1.165) is 93.2 Å². The number of para-hydroxylation sites is 1. The number of benzene rings is 4. The molecule has 1 fully saturated rings. The van der Waals surface area contributed by atoms with Crippen LogP contribution in [0.1, 0.15) is 40.8 Å². The standard InChI is InChI=1S/C42H44N4O6/c1-3-4-23-50-28-37-39(36(44-45(37)2)27-52-31-19-17-30(18-20-31)46-21-25-49-26-22-46)35-14-8-13-33-34(41(42(47)48)43-40(33)35)15-9-24-51-38-16-7-11-29-10-5-6-12-32(29)38/h3-8,10-14,16-20,43H,9,15,21-28H2,1-2H3,(H,47,48)/b4-3-. The first-order valence-corrected chi connectivity index (χ1v) is 17.8. The van der Waals surface area contributed by atoms with E-state index < -0.39 is 5.97 Å². The van der Waals surface area contributed by atoms with E-state index >= 15 is 0 Å². The lowest BCUT2D eigenvalue weighted by molar-refractivity contribution is 0.0690. The van der Waals surface area contributed by atoms with Crippen molar-refractivity contribution in [3.05, 3.63) is 120 Å². The van der Waals surface area contributed by atoms with Crippen molar-refractivity contribution in [2.75, 3.05) is 44.4 Å². The monoisotopic (exact) mass is 700 g/mol. The van der Waals surface area contributed by atoms with Crippen molar-refractivity contribution < 1.29 is 28.8 Å². The van der Waals surface area contributed by atoms with Crippen molar-refractivity contribution in [2.45, 2.75) is 33.0 Å². The Labute approximate surface area is 303 Å². The van der Waals surface area contributed by atoms with Crippen LogP contribution in [0.4, 0.5) is 5.69 Å². The van der Waals surface area contributed by atoms with Crippen LogP contribution >= 0.6 is 0 Å². The van der Waals surface area contributed by atoms with E-state index in [0.29, 0.717) is 32.7 Å². The Hall–Kier alpha value is -5.58. The molecule has 0 saturated carbocycles. The fourth-order valence-corrected chi connectivity index (χ4v) is 6.92. The van der Waals surface area contributed by atoms with Crippen LogP contribution in [-0.2, 0) is 36.2 Å². The first kappa shape index (κ1) is 34.9. The Morgan fingerprint density at radius 3 is 2.52 bits per heavy atom. The number of nitrogens with zero attached hydrogens (tertiary/aromatic N) is 3. The van der Waals surface area contributed by atoms with Gasteiger partial charge in [-0.2, -0.15) is 5.10 Å². The van der Waals surface area contributed by atoms with Crippen LogP contribution in [0.15, 0.2) is 97.1 Å². The highest BCUT2D eigenvalue weighted by atomic mass is 16.5. The van der Waals surface area contributed by atoms with Crippen molar-refractivity contribution in [3.63, 3.8) is 0 Å². The van der Waals surface area contributed by atoms with Gasteiger partial charge in [-0.25, -0.2) is 4.79 Å². The van der Waals surface area contributed by atoms with Crippen LogP contribution in [0.5, 0.6) is 11.5 Å². The lowest BCUT2D eigenvalue weighted by Crippen LogP contribution is -2.36. The number of carboxylic acids is 1. The Balaban J connectivity index is 1.16. The molecule has 0 aliphatic carbocycles. The SMILES string of the molecule is C/C=C\COCc1c(-c2cccc3c(CCCOc4cccc5ccccc45)c(C(=O)O)[nH]c23)c(COc2ccc(N3CCOCC3)cc2)nn1C. The molecule has 1 saturated heterocycles. The van der Waals surface area contributed by atoms with Gasteiger partial charge in [-0.15, -0.1) is 0 Å². The van der Waals surface area contributed by atoms with E-state index in [1.807, 2.05) is 91.5 Å². The van der Waals surface area contributed by atoms with Crippen molar-refractivity contribution in [2.24, 2.45) is 7.05 Å². The molecule has 1 aliphatic rings. The smallest absolute Gasteiger partial charge is 0.352 e. The summed E-state index contributed by atoms with van der Waals surface area (Å²) in [6, 6.07) is 28.2. The number of morpholine rings is 1. The quantitative estimate of drug-likeness (QED) is 0.0821. The summed E-state index contributed by atoms with van der Waals surface area (Å²) in [7, 11) is 1.90. The fraction of sp³-hybridized carbons (Fsp3) is 0.286. The molecule has 268 valence electrons. The molecule has 0 atom stereocenters. The largest absolute Gasteiger partial charge is 0.493 e. The third kappa shape index (κ3) is 7.54. The number of aryl methyl sites for hydroxylation is 2. The molecule has 0 amide bonds. The van der Waals surface area contributed by atoms with Gasteiger partial charge in [0.1, 0.15) is 29.5 Å². The molecule has 2 N–H and O–H groups in total. The second-order valence-corrected chi connectivity index (χ2v) is 12.8. The zero-order chi connectivity index (χ0) is 35.9. The predicted octanol–water partition coefficient (Wildman–Crippen LogP) is 7.94. The first-order valence-electron chi connectivity index (χ1n) is 17.8. The Kier molecular flexibility index (Phi) is 10.8. The zero-order valence-electron chi connectivity index (χ0n) is 29.6. The number of H-pyrrole nitrogens is 1. The maximum Gasteiger partial charge on any atom is 0.352 e. The van der Waals surface area contributed by atoms with Gasteiger partial charge in [0.15, 0.2) is 0 Å². The van der Waals surface area contributed by atoms with Crippen molar-refractivity contribution in [1.82, 2.24) is 14.8 Å². The van der Waals surface area contributed by atoms with E-state index in [1.54, 1.807) is 0 Å². The number of hydrogen-bond donors (Lipinski definition) is 2. The maximum absolute atomic E-state index is 12.6. The average molecular weight is 701 g/mol. The van der Waals surface area contributed by atoms with E-state index in [2.05, 4.69) is 34.1 Å². The van der Waals surface area contributed by atoms with Crippen LogP contribution in [0.25, 0.3) is 32.8 Å². The van der Waals surface area contributed by atoms with E-state index in [9.17, 15) is 9.90 Å². The number of carboxylic acid groups (broad SMARTS) is 1. The molecule has 0 radical (unpaired) electrons. The summed E-state index contributed by atoms with van der Waals surface area (Å²) >= 11 is 0. The highest BCUT2D eigenvalue weighted by Crippen LogP contribution is 2.37. The van der Waals surface area contributed by atoms with Crippen LogP contribution in [0, 0.1) is 0 Å². The van der Waals surface area contributed by atoms with Crippen LogP contribution in [0.3, 0.4) is 0 Å². The first-order chi connectivity index (χ1) is 25.5. The van der Waals surface area contributed by atoms with Crippen LogP contribution < -0.4 is 14.4 Å². The summed E-state index contributed by atoms with van der Waals surface area (Å²) in [6.45, 7) is 6.59. The number of fused-ring (bicyclic) bond motifs is 2. The third-order valence-electron chi connectivity index (χ3n) is 9.52. The van der Waals surface area contributed by atoms with Crippen molar-refractivity contribution >= 4 is 33.3 Å².